The third kappa shape index (κ3) is 3.86. The predicted octanol–water partition coefficient (Wildman–Crippen LogP) is 3.10. The third-order valence-electron chi connectivity index (χ3n) is 4.79. The van der Waals surface area contributed by atoms with Crippen LogP contribution >= 0.6 is 11.6 Å². The Morgan fingerprint density at radius 2 is 2.07 bits per heavy atom. The van der Waals surface area contributed by atoms with Crippen molar-refractivity contribution in [1.29, 1.82) is 0 Å². The van der Waals surface area contributed by atoms with E-state index in [1.165, 1.54) is 12.1 Å². The Hall–Kier alpha value is -3.19. The first kappa shape index (κ1) is 19.1. The molecule has 1 aliphatic rings. The van der Waals surface area contributed by atoms with Crippen LogP contribution in [0.2, 0.25) is 5.02 Å². The second-order valence-corrected chi connectivity index (χ2v) is 7.34. The van der Waals surface area contributed by atoms with E-state index in [0.717, 1.165) is 24.2 Å². The molecule has 0 aliphatic carbocycles. The highest BCUT2D eigenvalue weighted by atomic mass is 35.5. The van der Waals surface area contributed by atoms with Crippen molar-refractivity contribution >= 4 is 40.1 Å². The van der Waals surface area contributed by atoms with Gasteiger partial charge in [0.15, 0.2) is 6.61 Å². The Labute approximate surface area is 171 Å². The zero-order chi connectivity index (χ0) is 20.5. The molecule has 0 fully saturated rings. The van der Waals surface area contributed by atoms with Crippen LogP contribution in [0.5, 0.6) is 0 Å². The van der Waals surface area contributed by atoms with E-state index in [-0.39, 0.29) is 11.1 Å². The highest BCUT2D eigenvalue weighted by Crippen LogP contribution is 2.22. The molecule has 2 heterocycles. The fourth-order valence-corrected chi connectivity index (χ4v) is 3.62. The van der Waals surface area contributed by atoms with E-state index in [4.69, 9.17) is 16.3 Å². The number of rotatable bonds is 4. The highest BCUT2D eigenvalue weighted by molar-refractivity contribution is 6.33. The van der Waals surface area contributed by atoms with Crippen molar-refractivity contribution in [2.75, 3.05) is 11.9 Å². The van der Waals surface area contributed by atoms with Gasteiger partial charge in [-0.25, -0.2) is 9.78 Å². The Kier molecular flexibility index (Phi) is 5.07. The lowest BCUT2D eigenvalue weighted by Crippen LogP contribution is -2.22. The van der Waals surface area contributed by atoms with E-state index < -0.39 is 18.5 Å². The molecule has 8 heteroatoms. The van der Waals surface area contributed by atoms with Gasteiger partial charge in [0.1, 0.15) is 5.82 Å². The Morgan fingerprint density at radius 1 is 1.24 bits per heavy atom. The number of hydrogen-bond acceptors (Lipinski definition) is 5. The lowest BCUT2D eigenvalue weighted by atomic mass is 10.1. The summed E-state index contributed by atoms with van der Waals surface area (Å²) >= 11 is 6.08. The number of benzene rings is 2. The van der Waals surface area contributed by atoms with Gasteiger partial charge >= 0.3 is 5.97 Å². The fourth-order valence-electron chi connectivity index (χ4n) is 3.33. The normalized spacial score (nSPS) is 12.6. The maximum Gasteiger partial charge on any atom is 0.338 e. The maximum atomic E-state index is 12.5. The number of aromatic nitrogens is 2. The summed E-state index contributed by atoms with van der Waals surface area (Å²) in [6.07, 6.45) is 1.62. The molecule has 1 amide bonds. The Balaban J connectivity index is 1.45. The molecule has 29 heavy (non-hydrogen) atoms. The summed E-state index contributed by atoms with van der Waals surface area (Å²) in [5, 5.41) is 3.47. The maximum absolute atomic E-state index is 12.5. The second-order valence-electron chi connectivity index (χ2n) is 6.93. The zero-order valence-electron chi connectivity index (χ0n) is 15.7. The molecule has 0 saturated carbocycles. The molecule has 1 N–H and O–H groups in total. The monoisotopic (exact) mass is 411 g/mol. The van der Waals surface area contributed by atoms with Crippen LogP contribution < -0.4 is 10.9 Å². The molecule has 1 aromatic heterocycles. The summed E-state index contributed by atoms with van der Waals surface area (Å²) in [6, 6.07) is 9.82. The van der Waals surface area contributed by atoms with Gasteiger partial charge in [-0.2, -0.15) is 0 Å². The molecule has 0 radical (unpaired) electrons. The van der Waals surface area contributed by atoms with Crippen LogP contribution in [0.15, 0.2) is 41.2 Å². The summed E-state index contributed by atoms with van der Waals surface area (Å²) < 4.78 is 6.76. The van der Waals surface area contributed by atoms with E-state index in [0.29, 0.717) is 28.2 Å². The summed E-state index contributed by atoms with van der Waals surface area (Å²) in [6.45, 7) is 2.10. The molecular formula is C21H18ClN3O4. The molecule has 0 saturated heterocycles. The second kappa shape index (κ2) is 7.67. The smallest absolute Gasteiger partial charge is 0.338 e. The first-order valence-electron chi connectivity index (χ1n) is 9.19. The quantitative estimate of drug-likeness (QED) is 0.666. The van der Waals surface area contributed by atoms with E-state index in [1.54, 1.807) is 22.8 Å². The third-order valence-corrected chi connectivity index (χ3v) is 5.10. The van der Waals surface area contributed by atoms with Crippen molar-refractivity contribution in [3.63, 3.8) is 0 Å². The number of aryl methyl sites for hydroxylation is 2. The summed E-state index contributed by atoms with van der Waals surface area (Å²) in [5.74, 6) is -0.444. The summed E-state index contributed by atoms with van der Waals surface area (Å²) in [5.41, 5.74) is 2.00. The van der Waals surface area contributed by atoms with Gasteiger partial charge in [-0.3, -0.25) is 14.2 Å². The Bertz CT molecular complexity index is 1200. The number of carbonyl (C=O) groups excluding carboxylic acids is 2. The van der Waals surface area contributed by atoms with Gasteiger partial charge in [-0.1, -0.05) is 17.7 Å². The van der Waals surface area contributed by atoms with Crippen LogP contribution in [0, 0.1) is 6.92 Å². The highest BCUT2D eigenvalue weighted by Gasteiger charge is 2.18. The molecule has 2 aromatic carbocycles. The van der Waals surface area contributed by atoms with Gasteiger partial charge in [0.25, 0.3) is 11.5 Å². The first-order valence-corrected chi connectivity index (χ1v) is 9.57. The van der Waals surface area contributed by atoms with Crippen molar-refractivity contribution in [2.45, 2.75) is 26.3 Å². The molecule has 0 unspecified atom stereocenters. The van der Waals surface area contributed by atoms with Crippen LogP contribution in [0.3, 0.4) is 0 Å². The number of nitrogens with zero attached hydrogens (tertiary/aromatic N) is 2. The first-order chi connectivity index (χ1) is 13.9. The van der Waals surface area contributed by atoms with Gasteiger partial charge in [0.05, 0.1) is 27.2 Å². The topological polar surface area (TPSA) is 90.3 Å². The predicted molar refractivity (Wildman–Crippen MR) is 109 cm³/mol. The van der Waals surface area contributed by atoms with Crippen molar-refractivity contribution in [2.24, 2.45) is 0 Å². The van der Waals surface area contributed by atoms with Crippen LogP contribution in [0.1, 0.15) is 28.2 Å². The molecule has 148 valence electrons. The minimum atomic E-state index is -0.667. The van der Waals surface area contributed by atoms with Crippen LogP contribution in [0.25, 0.3) is 10.9 Å². The van der Waals surface area contributed by atoms with Crippen LogP contribution in [-0.2, 0) is 22.5 Å². The molecule has 0 atom stereocenters. The number of ether oxygens (including phenoxy) is 1. The summed E-state index contributed by atoms with van der Waals surface area (Å²) in [4.78, 5) is 41.4. The summed E-state index contributed by atoms with van der Waals surface area (Å²) in [7, 11) is 0. The lowest BCUT2D eigenvalue weighted by Gasteiger charge is -2.09. The molecule has 0 bridgehead atoms. The van der Waals surface area contributed by atoms with E-state index in [1.807, 2.05) is 13.0 Å². The van der Waals surface area contributed by atoms with Crippen molar-refractivity contribution in [3.8, 4) is 0 Å². The SMILES string of the molecule is Cc1ccc(NC(=O)COC(=O)c2ccc3c(=O)n4c(nc3c2)CCC4)c(Cl)c1. The van der Waals surface area contributed by atoms with Gasteiger partial charge in [0.2, 0.25) is 0 Å². The minimum absolute atomic E-state index is 0.100. The van der Waals surface area contributed by atoms with Gasteiger partial charge < -0.3 is 10.1 Å². The zero-order valence-corrected chi connectivity index (χ0v) is 16.5. The van der Waals surface area contributed by atoms with Crippen molar-refractivity contribution < 1.29 is 14.3 Å². The number of carbonyl (C=O) groups is 2. The Morgan fingerprint density at radius 3 is 2.86 bits per heavy atom. The van der Waals surface area contributed by atoms with Crippen LogP contribution in [0.4, 0.5) is 5.69 Å². The van der Waals surface area contributed by atoms with E-state index in [2.05, 4.69) is 10.3 Å². The number of halogens is 1. The standard InChI is InChI=1S/C21H18ClN3O4/c1-12-4-7-16(15(22)9-12)24-19(26)11-29-21(28)13-5-6-14-17(10-13)23-18-3-2-8-25(18)20(14)27/h4-7,9-10H,2-3,8,11H2,1H3,(H,24,26). The number of esters is 1. The average molecular weight is 412 g/mol. The van der Waals surface area contributed by atoms with E-state index >= 15 is 0 Å². The van der Waals surface area contributed by atoms with Crippen molar-refractivity contribution in [1.82, 2.24) is 9.55 Å². The molecule has 7 nitrogen and oxygen atoms in total. The largest absolute Gasteiger partial charge is 0.452 e. The fraction of sp³-hybridized carbons (Fsp3) is 0.238. The number of hydrogen-bond donors (Lipinski definition) is 1. The molecular weight excluding hydrogens is 394 g/mol. The number of anilines is 1. The number of fused-ring (bicyclic) bond motifs is 2. The number of amides is 1. The van der Waals surface area contributed by atoms with Gasteiger partial charge in [-0.15, -0.1) is 0 Å². The van der Waals surface area contributed by atoms with Crippen LogP contribution in [-0.4, -0.2) is 28.0 Å². The van der Waals surface area contributed by atoms with E-state index in [9.17, 15) is 14.4 Å². The molecule has 0 spiro atoms. The molecule has 3 aromatic rings. The lowest BCUT2D eigenvalue weighted by molar-refractivity contribution is -0.119. The van der Waals surface area contributed by atoms with Gasteiger partial charge in [0, 0.05) is 13.0 Å². The molecule has 1 aliphatic heterocycles. The molecule has 4 rings (SSSR count). The van der Waals surface area contributed by atoms with Gasteiger partial charge in [-0.05, 0) is 49.2 Å². The van der Waals surface area contributed by atoms with Crippen molar-refractivity contribution in [3.05, 3.63) is 68.7 Å². The average Bonchev–Trinajstić information content (AvgIpc) is 3.17. The number of nitrogens with one attached hydrogen (secondary N) is 1. The minimum Gasteiger partial charge on any atom is -0.452 e.